The first-order valence-corrected chi connectivity index (χ1v) is 8.71. The van der Waals surface area contributed by atoms with E-state index >= 15 is 0 Å². The predicted octanol–water partition coefficient (Wildman–Crippen LogP) is 4.13. The number of rotatable bonds is 5. The summed E-state index contributed by atoms with van der Waals surface area (Å²) in [5.41, 5.74) is 6.27. The normalized spacial score (nSPS) is 14.0. The average molecular weight is 318 g/mol. The number of aliphatic imine (C=N–C) groups is 1. The van der Waals surface area contributed by atoms with Crippen LogP contribution in [0, 0.1) is 0 Å². The standard InChI is InChI=1S/C21H22N2O/c1-2-15-13-17(20-18(14-15)9-12-24-20)8-7-16-5-3-4-6-19(16)21-22-10-11-23-21/h3-6,9,12-14H,2,7-8,10-11H2,1H3,(H,22,23). The maximum absolute atomic E-state index is 5.73. The van der Waals surface area contributed by atoms with Crippen LogP contribution in [0.4, 0.5) is 0 Å². The van der Waals surface area contributed by atoms with E-state index in [0.29, 0.717) is 0 Å². The number of nitrogens with one attached hydrogen (secondary N) is 1. The van der Waals surface area contributed by atoms with E-state index in [9.17, 15) is 0 Å². The Balaban J connectivity index is 1.63. The number of furan rings is 1. The summed E-state index contributed by atoms with van der Waals surface area (Å²) in [7, 11) is 0. The number of fused-ring (bicyclic) bond motifs is 1. The molecule has 2 heterocycles. The van der Waals surface area contributed by atoms with Gasteiger partial charge in [-0.05, 0) is 48.1 Å². The van der Waals surface area contributed by atoms with E-state index in [0.717, 1.165) is 43.8 Å². The molecular weight excluding hydrogens is 296 g/mol. The van der Waals surface area contributed by atoms with Crippen molar-refractivity contribution >= 4 is 16.8 Å². The first-order chi connectivity index (χ1) is 11.8. The molecule has 0 aliphatic carbocycles. The molecule has 0 saturated carbocycles. The Kier molecular flexibility index (Phi) is 4.08. The van der Waals surface area contributed by atoms with Gasteiger partial charge in [-0.1, -0.05) is 37.3 Å². The molecule has 0 saturated heterocycles. The minimum atomic E-state index is 0.870. The fourth-order valence-electron chi connectivity index (χ4n) is 3.43. The lowest BCUT2D eigenvalue weighted by Crippen LogP contribution is -2.21. The zero-order valence-electron chi connectivity index (χ0n) is 14.0. The van der Waals surface area contributed by atoms with Gasteiger partial charge in [0.25, 0.3) is 0 Å². The molecule has 1 aliphatic rings. The number of benzene rings is 2. The van der Waals surface area contributed by atoms with Crippen molar-refractivity contribution in [1.29, 1.82) is 0 Å². The van der Waals surface area contributed by atoms with Crippen molar-refractivity contribution < 1.29 is 4.42 Å². The molecule has 0 unspecified atom stereocenters. The smallest absolute Gasteiger partial charge is 0.137 e. The van der Waals surface area contributed by atoms with Gasteiger partial charge in [0.1, 0.15) is 11.4 Å². The molecular formula is C21H22N2O. The highest BCUT2D eigenvalue weighted by Crippen LogP contribution is 2.25. The minimum absolute atomic E-state index is 0.870. The molecule has 2 aromatic carbocycles. The molecule has 0 spiro atoms. The van der Waals surface area contributed by atoms with Crippen LogP contribution in [0.5, 0.6) is 0 Å². The van der Waals surface area contributed by atoms with Gasteiger partial charge in [0.2, 0.25) is 0 Å². The highest BCUT2D eigenvalue weighted by Gasteiger charge is 2.13. The molecule has 0 fully saturated rings. The second-order valence-corrected chi connectivity index (χ2v) is 6.26. The van der Waals surface area contributed by atoms with Crippen LogP contribution in [0.1, 0.15) is 29.2 Å². The molecule has 3 nitrogen and oxygen atoms in total. The van der Waals surface area contributed by atoms with Gasteiger partial charge in [0, 0.05) is 17.5 Å². The lowest BCUT2D eigenvalue weighted by Gasteiger charge is -2.11. The third-order valence-electron chi connectivity index (χ3n) is 4.71. The van der Waals surface area contributed by atoms with E-state index < -0.39 is 0 Å². The van der Waals surface area contributed by atoms with Crippen LogP contribution in [0.15, 0.2) is 58.1 Å². The number of nitrogens with zero attached hydrogens (tertiary/aromatic N) is 1. The van der Waals surface area contributed by atoms with Crippen LogP contribution in [0.25, 0.3) is 11.0 Å². The second-order valence-electron chi connectivity index (χ2n) is 6.26. The van der Waals surface area contributed by atoms with Crippen molar-refractivity contribution in [3.8, 4) is 0 Å². The van der Waals surface area contributed by atoms with Crippen molar-refractivity contribution in [1.82, 2.24) is 5.32 Å². The highest BCUT2D eigenvalue weighted by atomic mass is 16.3. The van der Waals surface area contributed by atoms with Crippen molar-refractivity contribution in [3.63, 3.8) is 0 Å². The highest BCUT2D eigenvalue weighted by molar-refractivity contribution is 6.01. The lowest BCUT2D eigenvalue weighted by atomic mass is 9.96. The van der Waals surface area contributed by atoms with Crippen molar-refractivity contribution in [2.24, 2.45) is 4.99 Å². The summed E-state index contributed by atoms with van der Waals surface area (Å²) in [6, 6.07) is 15.2. The molecule has 1 aromatic heterocycles. The monoisotopic (exact) mass is 318 g/mol. The molecule has 3 aromatic rings. The summed E-state index contributed by atoms with van der Waals surface area (Å²) >= 11 is 0. The van der Waals surface area contributed by atoms with Crippen molar-refractivity contribution in [3.05, 3.63) is 71.0 Å². The first-order valence-electron chi connectivity index (χ1n) is 8.71. The fourth-order valence-corrected chi connectivity index (χ4v) is 3.43. The van der Waals surface area contributed by atoms with Crippen LogP contribution in [0.3, 0.4) is 0 Å². The average Bonchev–Trinajstić information content (AvgIpc) is 3.31. The topological polar surface area (TPSA) is 37.5 Å². The summed E-state index contributed by atoms with van der Waals surface area (Å²) in [4.78, 5) is 4.58. The number of hydrogen-bond donors (Lipinski definition) is 1. The lowest BCUT2D eigenvalue weighted by molar-refractivity contribution is 0.610. The first kappa shape index (κ1) is 15.0. The van der Waals surface area contributed by atoms with Crippen LogP contribution in [-0.4, -0.2) is 18.9 Å². The fraction of sp³-hybridized carbons (Fsp3) is 0.286. The molecule has 3 heteroatoms. The molecule has 1 aliphatic heterocycles. The third-order valence-corrected chi connectivity index (χ3v) is 4.71. The van der Waals surface area contributed by atoms with E-state index in [-0.39, 0.29) is 0 Å². The molecule has 0 atom stereocenters. The van der Waals surface area contributed by atoms with E-state index in [4.69, 9.17) is 4.42 Å². The quantitative estimate of drug-likeness (QED) is 0.768. The minimum Gasteiger partial charge on any atom is -0.464 e. The summed E-state index contributed by atoms with van der Waals surface area (Å²) < 4.78 is 5.73. The number of aryl methyl sites for hydroxylation is 3. The maximum Gasteiger partial charge on any atom is 0.137 e. The van der Waals surface area contributed by atoms with Gasteiger partial charge in [0.05, 0.1) is 12.8 Å². The zero-order valence-corrected chi connectivity index (χ0v) is 14.0. The van der Waals surface area contributed by atoms with Gasteiger partial charge in [-0.2, -0.15) is 0 Å². The Morgan fingerprint density at radius 3 is 2.79 bits per heavy atom. The van der Waals surface area contributed by atoms with E-state index in [1.165, 1.54) is 27.6 Å². The Bertz CT molecular complexity index is 892. The van der Waals surface area contributed by atoms with Crippen LogP contribution < -0.4 is 5.32 Å². The molecule has 24 heavy (non-hydrogen) atoms. The Labute approximate surface area is 142 Å². The SMILES string of the molecule is CCc1cc(CCc2ccccc2C2=NCCN2)c2occc2c1. The van der Waals surface area contributed by atoms with Gasteiger partial charge in [-0.15, -0.1) is 0 Å². The maximum atomic E-state index is 5.73. The van der Waals surface area contributed by atoms with E-state index in [2.05, 4.69) is 59.7 Å². The van der Waals surface area contributed by atoms with Crippen LogP contribution in [-0.2, 0) is 19.3 Å². The molecule has 122 valence electrons. The Morgan fingerprint density at radius 2 is 1.96 bits per heavy atom. The molecule has 0 radical (unpaired) electrons. The number of hydrogen-bond acceptors (Lipinski definition) is 3. The summed E-state index contributed by atoms with van der Waals surface area (Å²) in [5, 5.41) is 4.59. The third kappa shape index (κ3) is 2.82. The van der Waals surface area contributed by atoms with Crippen molar-refractivity contribution in [2.45, 2.75) is 26.2 Å². The van der Waals surface area contributed by atoms with Crippen LogP contribution in [0.2, 0.25) is 0 Å². The van der Waals surface area contributed by atoms with Gasteiger partial charge in [0.15, 0.2) is 0 Å². The van der Waals surface area contributed by atoms with E-state index in [1.807, 2.05) is 0 Å². The number of amidine groups is 1. The van der Waals surface area contributed by atoms with Gasteiger partial charge in [-0.25, -0.2) is 0 Å². The summed E-state index contributed by atoms with van der Waals surface area (Å²) in [6.45, 7) is 4.01. The Morgan fingerprint density at radius 1 is 1.08 bits per heavy atom. The predicted molar refractivity (Wildman–Crippen MR) is 98.8 cm³/mol. The van der Waals surface area contributed by atoms with Crippen LogP contribution >= 0.6 is 0 Å². The zero-order chi connectivity index (χ0) is 16.4. The largest absolute Gasteiger partial charge is 0.464 e. The van der Waals surface area contributed by atoms with Crippen molar-refractivity contribution in [2.75, 3.05) is 13.1 Å². The van der Waals surface area contributed by atoms with Gasteiger partial charge in [-0.3, -0.25) is 4.99 Å². The molecule has 0 amide bonds. The van der Waals surface area contributed by atoms with Gasteiger partial charge >= 0.3 is 0 Å². The molecule has 1 N–H and O–H groups in total. The summed E-state index contributed by atoms with van der Waals surface area (Å²) in [6.07, 6.45) is 4.80. The summed E-state index contributed by atoms with van der Waals surface area (Å²) in [5.74, 6) is 1.04. The molecule has 0 bridgehead atoms. The van der Waals surface area contributed by atoms with Gasteiger partial charge < -0.3 is 9.73 Å². The van der Waals surface area contributed by atoms with E-state index in [1.54, 1.807) is 6.26 Å². The molecule has 4 rings (SSSR count). The second kappa shape index (κ2) is 6.52. The Hall–Kier alpha value is -2.55.